The standard InChI is InChI=1S/C13H17BrF2/c1-13(2,3)10(8-14)4-9-5-11(15)7-12(16)6-9/h5-7,10H,4,8H2,1-3H3. The molecule has 1 aromatic carbocycles. The lowest BCUT2D eigenvalue weighted by atomic mass is 9.78. The van der Waals surface area contributed by atoms with Crippen LogP contribution in [0.3, 0.4) is 0 Å². The lowest BCUT2D eigenvalue weighted by Crippen LogP contribution is -2.24. The van der Waals surface area contributed by atoms with Crippen molar-refractivity contribution in [2.75, 3.05) is 5.33 Å². The summed E-state index contributed by atoms with van der Waals surface area (Å²) in [6, 6.07) is 3.72. The highest BCUT2D eigenvalue weighted by Gasteiger charge is 2.23. The quantitative estimate of drug-likeness (QED) is 0.716. The van der Waals surface area contributed by atoms with Crippen LogP contribution in [0.25, 0.3) is 0 Å². The molecule has 0 aliphatic rings. The maximum Gasteiger partial charge on any atom is 0.126 e. The van der Waals surface area contributed by atoms with Gasteiger partial charge in [-0.15, -0.1) is 0 Å². The molecular formula is C13H17BrF2. The van der Waals surface area contributed by atoms with E-state index in [2.05, 4.69) is 36.7 Å². The van der Waals surface area contributed by atoms with Crippen LogP contribution in [0, 0.1) is 23.0 Å². The summed E-state index contributed by atoms with van der Waals surface area (Å²) >= 11 is 3.46. The third-order valence-electron chi connectivity index (χ3n) is 2.82. The van der Waals surface area contributed by atoms with Crippen molar-refractivity contribution in [2.45, 2.75) is 27.2 Å². The van der Waals surface area contributed by atoms with E-state index >= 15 is 0 Å². The van der Waals surface area contributed by atoms with Gasteiger partial charge in [-0.25, -0.2) is 8.78 Å². The Kier molecular flexibility index (Phi) is 4.48. The zero-order chi connectivity index (χ0) is 12.3. The average molecular weight is 291 g/mol. The van der Waals surface area contributed by atoms with Crippen molar-refractivity contribution in [3.8, 4) is 0 Å². The minimum Gasteiger partial charge on any atom is -0.207 e. The minimum atomic E-state index is -0.503. The lowest BCUT2D eigenvalue weighted by molar-refractivity contribution is 0.266. The van der Waals surface area contributed by atoms with Gasteiger partial charge in [0.05, 0.1) is 0 Å². The molecule has 16 heavy (non-hydrogen) atoms. The normalized spacial score (nSPS) is 13.9. The third-order valence-corrected chi connectivity index (χ3v) is 3.60. The summed E-state index contributed by atoms with van der Waals surface area (Å²) in [5, 5.41) is 0.828. The van der Waals surface area contributed by atoms with Crippen molar-refractivity contribution in [3.63, 3.8) is 0 Å². The zero-order valence-electron chi connectivity index (χ0n) is 9.86. The van der Waals surface area contributed by atoms with E-state index in [0.29, 0.717) is 12.3 Å². The monoisotopic (exact) mass is 290 g/mol. The van der Waals surface area contributed by atoms with Crippen molar-refractivity contribution in [3.05, 3.63) is 35.4 Å². The molecule has 0 N–H and O–H groups in total. The first-order chi connectivity index (χ1) is 7.32. The van der Waals surface area contributed by atoms with Gasteiger partial charge in [0, 0.05) is 11.4 Å². The van der Waals surface area contributed by atoms with Gasteiger partial charge >= 0.3 is 0 Å². The first-order valence-corrected chi connectivity index (χ1v) is 6.46. The second-order valence-electron chi connectivity index (χ2n) is 5.20. The van der Waals surface area contributed by atoms with Crippen LogP contribution in [0.4, 0.5) is 8.78 Å². The summed E-state index contributed by atoms with van der Waals surface area (Å²) < 4.78 is 26.1. The maximum atomic E-state index is 13.0. The van der Waals surface area contributed by atoms with Crippen LogP contribution in [0.15, 0.2) is 18.2 Å². The molecule has 0 aromatic heterocycles. The molecule has 1 aromatic rings. The van der Waals surface area contributed by atoms with E-state index in [1.807, 2.05) is 0 Å². The largest absolute Gasteiger partial charge is 0.207 e. The Hall–Kier alpha value is -0.440. The smallest absolute Gasteiger partial charge is 0.126 e. The van der Waals surface area contributed by atoms with Crippen LogP contribution in [0.5, 0.6) is 0 Å². The molecule has 1 rings (SSSR count). The van der Waals surface area contributed by atoms with Crippen LogP contribution >= 0.6 is 15.9 Å². The summed E-state index contributed by atoms with van der Waals surface area (Å²) in [6.45, 7) is 6.40. The van der Waals surface area contributed by atoms with Gasteiger partial charge < -0.3 is 0 Å². The van der Waals surface area contributed by atoms with Crippen molar-refractivity contribution >= 4 is 15.9 Å². The molecule has 0 bridgehead atoms. The molecule has 0 aliphatic carbocycles. The van der Waals surface area contributed by atoms with E-state index in [-0.39, 0.29) is 5.41 Å². The molecule has 0 heterocycles. The van der Waals surface area contributed by atoms with Gasteiger partial charge in [-0.2, -0.15) is 0 Å². The molecule has 0 amide bonds. The molecule has 0 saturated carbocycles. The van der Waals surface area contributed by atoms with E-state index in [1.54, 1.807) is 0 Å². The van der Waals surface area contributed by atoms with E-state index in [4.69, 9.17) is 0 Å². The number of hydrogen-bond acceptors (Lipinski definition) is 0. The fourth-order valence-electron chi connectivity index (χ4n) is 1.61. The Morgan fingerprint density at radius 2 is 1.62 bits per heavy atom. The summed E-state index contributed by atoms with van der Waals surface area (Å²) in [7, 11) is 0. The Morgan fingerprint density at radius 1 is 1.12 bits per heavy atom. The fourth-order valence-corrected chi connectivity index (χ4v) is 2.81. The van der Waals surface area contributed by atoms with Gasteiger partial charge in [-0.3, -0.25) is 0 Å². The highest BCUT2D eigenvalue weighted by molar-refractivity contribution is 9.09. The molecule has 0 saturated heterocycles. The van der Waals surface area contributed by atoms with Gasteiger partial charge in [-0.05, 0) is 35.4 Å². The fraction of sp³-hybridized carbons (Fsp3) is 0.538. The Labute approximate surface area is 104 Å². The van der Waals surface area contributed by atoms with E-state index in [1.165, 1.54) is 12.1 Å². The Balaban J connectivity index is 2.86. The lowest BCUT2D eigenvalue weighted by Gasteiger charge is -2.29. The van der Waals surface area contributed by atoms with Gasteiger partial charge in [0.25, 0.3) is 0 Å². The van der Waals surface area contributed by atoms with Crippen LogP contribution in [0.1, 0.15) is 26.3 Å². The van der Waals surface area contributed by atoms with Crippen LogP contribution in [-0.2, 0) is 6.42 Å². The second kappa shape index (κ2) is 5.26. The van der Waals surface area contributed by atoms with Gasteiger partial charge in [-0.1, -0.05) is 36.7 Å². The average Bonchev–Trinajstić information content (AvgIpc) is 2.10. The van der Waals surface area contributed by atoms with E-state index in [0.717, 1.165) is 17.0 Å². The highest BCUT2D eigenvalue weighted by Crippen LogP contribution is 2.30. The number of benzene rings is 1. The molecule has 0 radical (unpaired) electrons. The predicted molar refractivity (Wildman–Crippen MR) is 66.8 cm³/mol. The number of rotatable bonds is 3. The number of halogens is 3. The SMILES string of the molecule is CC(C)(C)C(CBr)Cc1cc(F)cc(F)c1. The number of hydrogen-bond donors (Lipinski definition) is 0. The maximum absolute atomic E-state index is 13.0. The molecule has 90 valence electrons. The first-order valence-electron chi connectivity index (χ1n) is 5.34. The van der Waals surface area contributed by atoms with Crippen molar-refractivity contribution in [1.82, 2.24) is 0 Å². The third kappa shape index (κ3) is 3.85. The summed E-state index contributed by atoms with van der Waals surface area (Å²) in [6.07, 6.45) is 0.684. The molecule has 1 unspecified atom stereocenters. The highest BCUT2D eigenvalue weighted by atomic mass is 79.9. The molecule has 1 atom stereocenters. The predicted octanol–water partition coefficient (Wildman–Crippen LogP) is 4.56. The van der Waals surface area contributed by atoms with Crippen molar-refractivity contribution in [2.24, 2.45) is 11.3 Å². The Bertz CT molecular complexity index is 335. The summed E-state index contributed by atoms with van der Waals surface area (Å²) in [5.74, 6) is -0.650. The Morgan fingerprint density at radius 3 is 2.00 bits per heavy atom. The van der Waals surface area contributed by atoms with Crippen LogP contribution in [0.2, 0.25) is 0 Å². The van der Waals surface area contributed by atoms with Gasteiger partial charge in [0.15, 0.2) is 0 Å². The van der Waals surface area contributed by atoms with Crippen LogP contribution in [-0.4, -0.2) is 5.33 Å². The summed E-state index contributed by atoms with van der Waals surface area (Å²) in [4.78, 5) is 0. The van der Waals surface area contributed by atoms with E-state index < -0.39 is 11.6 Å². The second-order valence-corrected chi connectivity index (χ2v) is 5.85. The topological polar surface area (TPSA) is 0 Å². The molecule has 0 aliphatic heterocycles. The van der Waals surface area contributed by atoms with Gasteiger partial charge in [0.1, 0.15) is 11.6 Å². The molecule has 0 fully saturated rings. The molecule has 0 nitrogen and oxygen atoms in total. The van der Waals surface area contributed by atoms with Crippen molar-refractivity contribution < 1.29 is 8.78 Å². The number of alkyl halides is 1. The summed E-state index contributed by atoms with van der Waals surface area (Å²) in [5.41, 5.74) is 0.837. The van der Waals surface area contributed by atoms with Crippen molar-refractivity contribution in [1.29, 1.82) is 0 Å². The molecular weight excluding hydrogens is 274 g/mol. The first kappa shape index (κ1) is 13.6. The molecule has 3 heteroatoms. The zero-order valence-corrected chi connectivity index (χ0v) is 11.4. The van der Waals surface area contributed by atoms with Gasteiger partial charge in [0.2, 0.25) is 0 Å². The van der Waals surface area contributed by atoms with Crippen LogP contribution < -0.4 is 0 Å². The molecule has 0 spiro atoms. The van der Waals surface area contributed by atoms with E-state index in [9.17, 15) is 8.78 Å². The minimum absolute atomic E-state index is 0.117.